The van der Waals surface area contributed by atoms with Gasteiger partial charge in [0.05, 0.1) is 6.61 Å². The third-order valence-corrected chi connectivity index (χ3v) is 5.67. The van der Waals surface area contributed by atoms with Crippen LogP contribution in [0.25, 0.3) is 0 Å². The highest BCUT2D eigenvalue weighted by Gasteiger charge is 2.55. The topological polar surface area (TPSA) is 21.8 Å². The molecular weight excluding hydrogens is 276 g/mol. The molecule has 0 aromatic heterocycles. The molecule has 0 bridgehead atoms. The Kier molecular flexibility index (Phi) is 4.26. The van der Waals surface area contributed by atoms with E-state index in [2.05, 4.69) is 50.0 Å². The minimum absolute atomic E-state index is 0.202. The predicted molar refractivity (Wildman–Crippen MR) is 88.9 cm³/mol. The molecule has 3 rings (SSSR count). The maximum Gasteiger partial charge on any atom is 0.185 e. The van der Waals surface area contributed by atoms with Crippen molar-refractivity contribution in [1.29, 1.82) is 0 Å². The van der Waals surface area contributed by atoms with Crippen LogP contribution in [0.5, 0.6) is 0 Å². The Morgan fingerprint density at radius 2 is 1.67 bits per heavy atom. The van der Waals surface area contributed by atoms with Crippen molar-refractivity contribution < 1.29 is 9.16 Å². The molecule has 0 radical (unpaired) electrons. The molecule has 1 aromatic carbocycles. The number of hydrogen-bond acceptors (Lipinski definition) is 2. The normalized spacial score (nSPS) is 26.3. The highest BCUT2D eigenvalue weighted by Crippen LogP contribution is 2.50. The fraction of sp³-hybridized carbons (Fsp3) is 0.667. The van der Waals surface area contributed by atoms with Crippen LogP contribution in [0.15, 0.2) is 30.3 Å². The SMILES string of the molecule is C[Si](C)(C)O[C@](c1ccccc1)(C1CCCCC1)[C@H]1CO1. The molecule has 21 heavy (non-hydrogen) atoms. The van der Waals surface area contributed by atoms with Gasteiger partial charge in [0.25, 0.3) is 0 Å². The quantitative estimate of drug-likeness (QED) is 0.580. The molecule has 2 nitrogen and oxygen atoms in total. The largest absolute Gasteiger partial charge is 0.405 e. The Bertz CT molecular complexity index is 458. The third-order valence-electron chi connectivity index (χ3n) is 4.72. The number of rotatable bonds is 5. The Labute approximate surface area is 130 Å². The average molecular weight is 305 g/mol. The summed E-state index contributed by atoms with van der Waals surface area (Å²) in [5, 5.41) is 0. The van der Waals surface area contributed by atoms with Crippen LogP contribution < -0.4 is 0 Å². The molecule has 3 heteroatoms. The summed E-state index contributed by atoms with van der Waals surface area (Å²) >= 11 is 0. The van der Waals surface area contributed by atoms with Crippen LogP contribution in [0.1, 0.15) is 37.7 Å². The van der Waals surface area contributed by atoms with Crippen LogP contribution >= 0.6 is 0 Å². The van der Waals surface area contributed by atoms with E-state index in [9.17, 15) is 0 Å². The van der Waals surface area contributed by atoms with E-state index in [1.807, 2.05) is 0 Å². The number of epoxide rings is 1. The van der Waals surface area contributed by atoms with E-state index in [0.717, 1.165) is 6.61 Å². The highest BCUT2D eigenvalue weighted by atomic mass is 28.4. The first kappa shape index (κ1) is 15.3. The zero-order chi connectivity index (χ0) is 14.9. The molecule has 1 aliphatic carbocycles. The van der Waals surface area contributed by atoms with E-state index in [1.165, 1.54) is 37.7 Å². The first-order valence-electron chi connectivity index (χ1n) is 8.40. The molecule has 1 saturated heterocycles. The summed E-state index contributed by atoms with van der Waals surface area (Å²) in [6.07, 6.45) is 6.86. The van der Waals surface area contributed by atoms with Crippen molar-refractivity contribution in [2.75, 3.05) is 6.61 Å². The molecule has 0 unspecified atom stereocenters. The fourth-order valence-electron chi connectivity index (χ4n) is 3.92. The van der Waals surface area contributed by atoms with Crippen molar-refractivity contribution in [3.63, 3.8) is 0 Å². The van der Waals surface area contributed by atoms with Crippen LogP contribution in [0.4, 0.5) is 0 Å². The molecule has 1 aromatic rings. The van der Waals surface area contributed by atoms with Gasteiger partial charge in [0, 0.05) is 0 Å². The maximum absolute atomic E-state index is 6.89. The van der Waals surface area contributed by atoms with Crippen LogP contribution in [0.2, 0.25) is 19.6 Å². The minimum Gasteiger partial charge on any atom is -0.405 e. The monoisotopic (exact) mass is 304 g/mol. The molecule has 0 N–H and O–H groups in total. The number of benzene rings is 1. The minimum atomic E-state index is -1.66. The lowest BCUT2D eigenvalue weighted by atomic mass is 9.72. The van der Waals surface area contributed by atoms with Crippen LogP contribution in [-0.2, 0) is 14.8 Å². The molecular formula is C18H28O2Si. The van der Waals surface area contributed by atoms with Gasteiger partial charge in [0.15, 0.2) is 8.32 Å². The van der Waals surface area contributed by atoms with E-state index in [0.29, 0.717) is 5.92 Å². The van der Waals surface area contributed by atoms with Gasteiger partial charge in [-0.2, -0.15) is 0 Å². The van der Waals surface area contributed by atoms with E-state index in [1.54, 1.807) is 0 Å². The predicted octanol–water partition coefficient (Wildman–Crippen LogP) is 4.71. The summed E-state index contributed by atoms with van der Waals surface area (Å²) in [5.74, 6) is 0.605. The van der Waals surface area contributed by atoms with Gasteiger partial charge in [-0.3, -0.25) is 0 Å². The molecule has 116 valence electrons. The second-order valence-electron chi connectivity index (χ2n) is 7.53. The Morgan fingerprint density at radius 1 is 1.05 bits per heavy atom. The summed E-state index contributed by atoms with van der Waals surface area (Å²) in [6.45, 7) is 7.76. The van der Waals surface area contributed by atoms with E-state index in [-0.39, 0.29) is 11.7 Å². The van der Waals surface area contributed by atoms with Gasteiger partial charge in [-0.15, -0.1) is 0 Å². The Balaban J connectivity index is 2.02. The summed E-state index contributed by atoms with van der Waals surface area (Å²) in [5.41, 5.74) is 1.13. The molecule has 0 amide bonds. The molecule has 1 saturated carbocycles. The van der Waals surface area contributed by atoms with E-state index < -0.39 is 8.32 Å². The molecule has 2 aliphatic rings. The van der Waals surface area contributed by atoms with Crippen molar-refractivity contribution in [2.24, 2.45) is 5.92 Å². The van der Waals surface area contributed by atoms with Gasteiger partial charge in [-0.25, -0.2) is 0 Å². The van der Waals surface area contributed by atoms with Gasteiger partial charge >= 0.3 is 0 Å². The van der Waals surface area contributed by atoms with Crippen LogP contribution in [0.3, 0.4) is 0 Å². The second-order valence-corrected chi connectivity index (χ2v) is 12.0. The highest BCUT2D eigenvalue weighted by molar-refractivity contribution is 6.69. The summed E-state index contributed by atoms with van der Waals surface area (Å²) in [6, 6.07) is 10.9. The average Bonchev–Trinajstić information content (AvgIpc) is 3.31. The number of hydrogen-bond donors (Lipinski definition) is 0. The lowest BCUT2D eigenvalue weighted by molar-refractivity contribution is -0.0438. The van der Waals surface area contributed by atoms with Gasteiger partial charge < -0.3 is 9.16 Å². The van der Waals surface area contributed by atoms with Gasteiger partial charge in [-0.1, -0.05) is 49.6 Å². The van der Waals surface area contributed by atoms with Crippen LogP contribution in [0, 0.1) is 5.92 Å². The lowest BCUT2D eigenvalue weighted by Crippen LogP contribution is -2.50. The van der Waals surface area contributed by atoms with E-state index in [4.69, 9.17) is 9.16 Å². The smallest absolute Gasteiger partial charge is 0.185 e. The lowest BCUT2D eigenvalue weighted by Gasteiger charge is -2.46. The van der Waals surface area contributed by atoms with Crippen LogP contribution in [-0.4, -0.2) is 21.0 Å². The standard InChI is InChI=1S/C18H28O2Si/c1-21(2,3)20-18(17-14-19-17,15-10-6-4-7-11-15)16-12-8-5-9-13-16/h4,6-7,10-11,16-17H,5,8-9,12-14H2,1-3H3/t17-,18-/m1/s1. The summed E-state index contributed by atoms with van der Waals surface area (Å²) in [4.78, 5) is 0. The van der Waals surface area contributed by atoms with Crippen molar-refractivity contribution in [2.45, 2.75) is 63.5 Å². The van der Waals surface area contributed by atoms with Gasteiger partial charge in [0.1, 0.15) is 11.7 Å². The molecule has 1 heterocycles. The van der Waals surface area contributed by atoms with Crippen molar-refractivity contribution in [3.05, 3.63) is 35.9 Å². The molecule has 0 spiro atoms. The second kappa shape index (κ2) is 5.86. The fourth-order valence-corrected chi connectivity index (χ4v) is 5.35. The first-order chi connectivity index (χ1) is 10.0. The first-order valence-corrected chi connectivity index (χ1v) is 11.8. The summed E-state index contributed by atoms with van der Waals surface area (Å²) in [7, 11) is -1.66. The zero-order valence-electron chi connectivity index (χ0n) is 13.6. The molecule has 2 fully saturated rings. The van der Waals surface area contributed by atoms with Crippen molar-refractivity contribution in [1.82, 2.24) is 0 Å². The summed E-state index contributed by atoms with van der Waals surface area (Å²) < 4.78 is 12.7. The van der Waals surface area contributed by atoms with Gasteiger partial charge in [0.2, 0.25) is 0 Å². The zero-order valence-corrected chi connectivity index (χ0v) is 14.6. The Morgan fingerprint density at radius 3 is 2.19 bits per heavy atom. The van der Waals surface area contributed by atoms with E-state index >= 15 is 0 Å². The maximum atomic E-state index is 6.89. The Hall–Kier alpha value is -0.643. The van der Waals surface area contributed by atoms with Crippen molar-refractivity contribution in [3.8, 4) is 0 Å². The third kappa shape index (κ3) is 3.25. The van der Waals surface area contributed by atoms with Crippen molar-refractivity contribution >= 4 is 8.32 Å². The van der Waals surface area contributed by atoms with Gasteiger partial charge in [-0.05, 0) is 44.0 Å². The number of ether oxygens (including phenoxy) is 1. The molecule has 1 aliphatic heterocycles. The molecule has 2 atom stereocenters.